The van der Waals surface area contributed by atoms with Gasteiger partial charge in [-0.3, -0.25) is 4.79 Å². The van der Waals surface area contributed by atoms with E-state index in [1.165, 1.54) is 12.1 Å². The Hall–Kier alpha value is -2.00. The summed E-state index contributed by atoms with van der Waals surface area (Å²) < 4.78 is 0. The molecule has 0 spiro atoms. The van der Waals surface area contributed by atoms with Crippen LogP contribution in [0.5, 0.6) is 5.75 Å². The molecule has 2 aromatic carbocycles. The highest BCUT2D eigenvalue weighted by Crippen LogP contribution is 2.26. The molecule has 0 radical (unpaired) electrons. The summed E-state index contributed by atoms with van der Waals surface area (Å²) >= 11 is 5.80. The Balaban J connectivity index is 2.21. The number of aromatic hydroxyl groups is 1. The highest BCUT2D eigenvalue weighted by atomic mass is 35.5. The summed E-state index contributed by atoms with van der Waals surface area (Å²) in [6, 6.07) is 11.7. The summed E-state index contributed by atoms with van der Waals surface area (Å²) in [7, 11) is 0. The van der Waals surface area contributed by atoms with Gasteiger partial charge in [-0.15, -0.1) is 0 Å². The summed E-state index contributed by atoms with van der Waals surface area (Å²) in [5, 5.41) is 12.7. The van der Waals surface area contributed by atoms with Crippen molar-refractivity contribution in [1.29, 1.82) is 0 Å². The number of halogens is 1. The predicted octanol–water partition coefficient (Wildman–Crippen LogP) is 3.61. The Kier molecular flexibility index (Phi) is 3.53. The third kappa shape index (κ3) is 2.81. The molecule has 2 rings (SSSR count). The third-order valence-electron chi connectivity index (χ3n) is 2.52. The second kappa shape index (κ2) is 5.10. The first-order valence-electron chi connectivity index (χ1n) is 5.43. The van der Waals surface area contributed by atoms with Crippen molar-refractivity contribution in [2.45, 2.75) is 6.92 Å². The topological polar surface area (TPSA) is 49.3 Å². The van der Waals surface area contributed by atoms with Gasteiger partial charge in [-0.25, -0.2) is 0 Å². The van der Waals surface area contributed by atoms with Crippen LogP contribution in [0, 0.1) is 6.92 Å². The molecule has 0 saturated carbocycles. The average Bonchev–Trinajstić information content (AvgIpc) is 2.34. The molecule has 0 atom stereocenters. The third-order valence-corrected chi connectivity index (χ3v) is 2.76. The minimum Gasteiger partial charge on any atom is -0.506 e. The summed E-state index contributed by atoms with van der Waals surface area (Å²) in [5.74, 6) is -0.299. The van der Waals surface area contributed by atoms with Gasteiger partial charge in [-0.05, 0) is 37.3 Å². The molecule has 0 aliphatic heterocycles. The van der Waals surface area contributed by atoms with Crippen LogP contribution >= 0.6 is 11.6 Å². The van der Waals surface area contributed by atoms with Gasteiger partial charge in [0.2, 0.25) is 0 Å². The zero-order valence-corrected chi connectivity index (χ0v) is 10.5. The molecule has 92 valence electrons. The number of anilines is 1. The van der Waals surface area contributed by atoms with E-state index >= 15 is 0 Å². The van der Waals surface area contributed by atoms with Crippen LogP contribution < -0.4 is 5.32 Å². The Bertz CT molecular complexity index is 579. The van der Waals surface area contributed by atoms with E-state index in [9.17, 15) is 9.90 Å². The SMILES string of the molecule is Cc1ccc(C(=O)Nc2cc(Cl)ccc2O)cc1. The number of amides is 1. The first-order valence-corrected chi connectivity index (χ1v) is 5.80. The molecule has 18 heavy (non-hydrogen) atoms. The first kappa shape index (κ1) is 12.5. The van der Waals surface area contributed by atoms with E-state index in [2.05, 4.69) is 5.32 Å². The van der Waals surface area contributed by atoms with E-state index < -0.39 is 0 Å². The Labute approximate surface area is 110 Å². The quantitative estimate of drug-likeness (QED) is 0.812. The molecule has 4 heteroatoms. The van der Waals surface area contributed by atoms with Crippen LogP contribution in [0.2, 0.25) is 5.02 Å². The zero-order chi connectivity index (χ0) is 13.1. The van der Waals surface area contributed by atoms with Crippen LogP contribution in [-0.2, 0) is 0 Å². The zero-order valence-electron chi connectivity index (χ0n) is 9.77. The lowest BCUT2D eigenvalue weighted by atomic mass is 10.1. The molecule has 0 saturated heterocycles. The van der Waals surface area contributed by atoms with Crippen LogP contribution in [0.1, 0.15) is 15.9 Å². The number of hydrogen-bond acceptors (Lipinski definition) is 2. The molecular weight excluding hydrogens is 250 g/mol. The fraction of sp³-hybridized carbons (Fsp3) is 0.0714. The number of benzene rings is 2. The number of hydrogen-bond donors (Lipinski definition) is 2. The van der Waals surface area contributed by atoms with Crippen LogP contribution in [0.25, 0.3) is 0 Å². The Morgan fingerprint density at radius 3 is 2.50 bits per heavy atom. The highest BCUT2D eigenvalue weighted by molar-refractivity contribution is 6.31. The summed E-state index contributed by atoms with van der Waals surface area (Å²) in [4.78, 5) is 11.9. The highest BCUT2D eigenvalue weighted by Gasteiger charge is 2.09. The van der Waals surface area contributed by atoms with Gasteiger partial charge >= 0.3 is 0 Å². The van der Waals surface area contributed by atoms with E-state index in [4.69, 9.17) is 11.6 Å². The summed E-state index contributed by atoms with van der Waals surface area (Å²) in [6.07, 6.45) is 0. The van der Waals surface area contributed by atoms with Crippen molar-refractivity contribution < 1.29 is 9.90 Å². The van der Waals surface area contributed by atoms with Gasteiger partial charge in [0.25, 0.3) is 5.91 Å². The molecule has 2 N–H and O–H groups in total. The minimum absolute atomic E-state index is 0.0140. The molecule has 0 fully saturated rings. The van der Waals surface area contributed by atoms with Gasteiger partial charge in [0.15, 0.2) is 0 Å². The van der Waals surface area contributed by atoms with Crippen molar-refractivity contribution >= 4 is 23.2 Å². The first-order chi connectivity index (χ1) is 8.56. The molecule has 0 unspecified atom stereocenters. The van der Waals surface area contributed by atoms with Crippen LogP contribution in [0.4, 0.5) is 5.69 Å². The summed E-state index contributed by atoms with van der Waals surface area (Å²) in [6.45, 7) is 1.95. The largest absolute Gasteiger partial charge is 0.506 e. The molecule has 2 aromatic rings. The van der Waals surface area contributed by atoms with E-state index in [-0.39, 0.29) is 11.7 Å². The minimum atomic E-state index is -0.285. The molecule has 0 heterocycles. The average molecular weight is 262 g/mol. The van der Waals surface area contributed by atoms with Gasteiger partial charge in [0.05, 0.1) is 5.69 Å². The van der Waals surface area contributed by atoms with Crippen LogP contribution in [0.15, 0.2) is 42.5 Å². The van der Waals surface area contributed by atoms with Crippen molar-refractivity contribution in [1.82, 2.24) is 0 Å². The predicted molar refractivity (Wildman–Crippen MR) is 72.2 cm³/mol. The number of phenols is 1. The standard InChI is InChI=1S/C14H12ClNO2/c1-9-2-4-10(5-3-9)14(18)16-12-8-11(15)6-7-13(12)17/h2-8,17H,1H3,(H,16,18). The van der Waals surface area contributed by atoms with E-state index in [0.717, 1.165) is 5.56 Å². The molecule has 0 aliphatic rings. The van der Waals surface area contributed by atoms with Gasteiger partial charge < -0.3 is 10.4 Å². The number of carbonyl (C=O) groups is 1. The molecule has 0 aromatic heterocycles. The molecular formula is C14H12ClNO2. The molecule has 1 amide bonds. The van der Waals surface area contributed by atoms with E-state index in [1.54, 1.807) is 18.2 Å². The Morgan fingerprint density at radius 2 is 1.83 bits per heavy atom. The maximum absolute atomic E-state index is 11.9. The van der Waals surface area contributed by atoms with Crippen molar-refractivity contribution in [2.24, 2.45) is 0 Å². The molecule has 0 bridgehead atoms. The number of rotatable bonds is 2. The monoisotopic (exact) mass is 261 g/mol. The number of phenolic OH excluding ortho intramolecular Hbond substituents is 1. The molecule has 0 aliphatic carbocycles. The van der Waals surface area contributed by atoms with Crippen LogP contribution in [0.3, 0.4) is 0 Å². The second-order valence-electron chi connectivity index (χ2n) is 3.98. The van der Waals surface area contributed by atoms with E-state index in [0.29, 0.717) is 16.3 Å². The second-order valence-corrected chi connectivity index (χ2v) is 4.42. The lowest BCUT2D eigenvalue weighted by Gasteiger charge is -2.07. The number of carbonyl (C=O) groups excluding carboxylic acids is 1. The molecule has 3 nitrogen and oxygen atoms in total. The summed E-state index contributed by atoms with van der Waals surface area (Å²) in [5.41, 5.74) is 1.91. The van der Waals surface area contributed by atoms with Crippen molar-refractivity contribution in [3.05, 3.63) is 58.6 Å². The van der Waals surface area contributed by atoms with Crippen molar-refractivity contribution in [3.63, 3.8) is 0 Å². The van der Waals surface area contributed by atoms with Crippen LogP contribution in [-0.4, -0.2) is 11.0 Å². The van der Waals surface area contributed by atoms with E-state index in [1.807, 2.05) is 19.1 Å². The maximum Gasteiger partial charge on any atom is 0.255 e. The lowest BCUT2D eigenvalue weighted by Crippen LogP contribution is -2.11. The smallest absolute Gasteiger partial charge is 0.255 e. The number of nitrogens with one attached hydrogen (secondary N) is 1. The lowest BCUT2D eigenvalue weighted by molar-refractivity contribution is 0.102. The maximum atomic E-state index is 11.9. The van der Waals surface area contributed by atoms with Crippen molar-refractivity contribution in [2.75, 3.05) is 5.32 Å². The van der Waals surface area contributed by atoms with Gasteiger partial charge in [0.1, 0.15) is 5.75 Å². The normalized spacial score (nSPS) is 10.1. The van der Waals surface area contributed by atoms with Gasteiger partial charge in [0, 0.05) is 10.6 Å². The fourth-order valence-electron chi connectivity index (χ4n) is 1.51. The fourth-order valence-corrected chi connectivity index (χ4v) is 1.68. The van der Waals surface area contributed by atoms with Gasteiger partial charge in [-0.2, -0.15) is 0 Å². The Morgan fingerprint density at radius 1 is 1.17 bits per heavy atom. The van der Waals surface area contributed by atoms with Crippen molar-refractivity contribution in [3.8, 4) is 5.75 Å². The van der Waals surface area contributed by atoms with Gasteiger partial charge in [-0.1, -0.05) is 29.3 Å². The number of aryl methyl sites for hydroxylation is 1.